The Bertz CT molecular complexity index is 965. The lowest BCUT2D eigenvalue weighted by Gasteiger charge is -2.33. The molecule has 0 bridgehead atoms. The lowest BCUT2D eigenvalue weighted by Crippen LogP contribution is -2.42. The molecular formula is C20H18N2O3. The molecule has 0 radical (unpaired) electrons. The molecule has 0 aliphatic carbocycles. The third kappa shape index (κ3) is 3.06. The number of aromatic nitrogens is 1. The number of hydrogen-bond donors (Lipinski definition) is 1. The fourth-order valence-electron chi connectivity index (χ4n) is 3.26. The Morgan fingerprint density at radius 1 is 1.08 bits per heavy atom. The zero-order valence-electron chi connectivity index (χ0n) is 13.6. The van der Waals surface area contributed by atoms with Crippen molar-refractivity contribution in [3.05, 3.63) is 82.1 Å². The number of carbonyl (C=O) groups excluding carboxylic acids is 1. The fourth-order valence-corrected chi connectivity index (χ4v) is 3.26. The van der Waals surface area contributed by atoms with Crippen molar-refractivity contribution >= 4 is 16.8 Å². The second-order valence-electron chi connectivity index (χ2n) is 6.11. The van der Waals surface area contributed by atoms with Gasteiger partial charge in [0.25, 0.3) is 5.91 Å². The number of ether oxygens (including phenoxy) is 1. The molecule has 0 unspecified atom stereocenters. The summed E-state index contributed by atoms with van der Waals surface area (Å²) in [4.78, 5) is 29.5. The Hall–Kier alpha value is -2.92. The molecule has 2 aromatic carbocycles. The fraction of sp³-hybridized carbons (Fsp3) is 0.200. The zero-order chi connectivity index (χ0) is 17.2. The van der Waals surface area contributed by atoms with Crippen LogP contribution in [0.15, 0.2) is 65.5 Å². The molecule has 1 amide bonds. The van der Waals surface area contributed by atoms with Crippen molar-refractivity contribution in [2.75, 3.05) is 19.7 Å². The van der Waals surface area contributed by atoms with E-state index in [4.69, 9.17) is 4.74 Å². The molecule has 25 heavy (non-hydrogen) atoms. The number of aromatic amines is 1. The number of hydrogen-bond acceptors (Lipinski definition) is 3. The number of pyridine rings is 1. The van der Waals surface area contributed by atoms with Gasteiger partial charge in [0, 0.05) is 23.5 Å². The van der Waals surface area contributed by atoms with Gasteiger partial charge in [0.2, 0.25) is 5.56 Å². The summed E-state index contributed by atoms with van der Waals surface area (Å²) in [5, 5.41) is 0.759. The second-order valence-corrected chi connectivity index (χ2v) is 6.11. The molecule has 5 heteroatoms. The summed E-state index contributed by atoms with van der Waals surface area (Å²) in [6, 6.07) is 18.6. The SMILES string of the molecule is O=C(c1cc(=O)[nH]c2ccccc12)N1CCO[C@H](c2ccccc2)C1. The highest BCUT2D eigenvalue weighted by atomic mass is 16.5. The third-order valence-corrected chi connectivity index (χ3v) is 4.51. The van der Waals surface area contributed by atoms with E-state index in [0.717, 1.165) is 10.9 Å². The van der Waals surface area contributed by atoms with Gasteiger partial charge in [0.15, 0.2) is 0 Å². The zero-order valence-corrected chi connectivity index (χ0v) is 13.6. The number of nitrogens with zero attached hydrogens (tertiary/aromatic N) is 1. The first-order valence-electron chi connectivity index (χ1n) is 8.30. The molecule has 3 aromatic rings. The number of benzene rings is 2. The summed E-state index contributed by atoms with van der Waals surface area (Å²) in [5.74, 6) is -0.133. The molecule has 5 nitrogen and oxygen atoms in total. The monoisotopic (exact) mass is 334 g/mol. The summed E-state index contributed by atoms with van der Waals surface area (Å²) in [5.41, 5.74) is 1.89. The van der Waals surface area contributed by atoms with Gasteiger partial charge in [-0.1, -0.05) is 48.5 Å². The van der Waals surface area contributed by atoms with Crippen LogP contribution in [0.1, 0.15) is 22.0 Å². The predicted molar refractivity (Wildman–Crippen MR) is 95.6 cm³/mol. The molecule has 1 saturated heterocycles. The molecule has 2 heterocycles. The van der Waals surface area contributed by atoms with Crippen LogP contribution in [-0.4, -0.2) is 35.5 Å². The Morgan fingerprint density at radius 3 is 2.68 bits per heavy atom. The largest absolute Gasteiger partial charge is 0.370 e. The average Bonchev–Trinajstić information content (AvgIpc) is 2.67. The van der Waals surface area contributed by atoms with Gasteiger partial charge in [-0.05, 0) is 11.6 Å². The minimum Gasteiger partial charge on any atom is -0.370 e. The van der Waals surface area contributed by atoms with Crippen LogP contribution in [0.25, 0.3) is 10.9 Å². The number of fused-ring (bicyclic) bond motifs is 1. The van der Waals surface area contributed by atoms with E-state index in [-0.39, 0.29) is 17.6 Å². The maximum absolute atomic E-state index is 13.1. The molecule has 1 N–H and O–H groups in total. The van der Waals surface area contributed by atoms with Gasteiger partial charge >= 0.3 is 0 Å². The van der Waals surface area contributed by atoms with E-state index < -0.39 is 0 Å². The molecule has 126 valence electrons. The third-order valence-electron chi connectivity index (χ3n) is 4.51. The van der Waals surface area contributed by atoms with Crippen molar-refractivity contribution in [3.63, 3.8) is 0 Å². The van der Waals surface area contributed by atoms with Crippen LogP contribution >= 0.6 is 0 Å². The lowest BCUT2D eigenvalue weighted by molar-refractivity contribution is -0.0227. The first-order chi connectivity index (χ1) is 12.2. The van der Waals surface area contributed by atoms with Crippen molar-refractivity contribution in [1.29, 1.82) is 0 Å². The van der Waals surface area contributed by atoms with Crippen LogP contribution < -0.4 is 5.56 Å². The van der Waals surface area contributed by atoms with Gasteiger partial charge in [0.1, 0.15) is 6.10 Å². The summed E-state index contributed by atoms with van der Waals surface area (Å²) >= 11 is 0. The van der Waals surface area contributed by atoms with E-state index in [1.165, 1.54) is 6.07 Å². The molecular weight excluding hydrogens is 316 g/mol. The van der Waals surface area contributed by atoms with Gasteiger partial charge in [-0.25, -0.2) is 0 Å². The second kappa shape index (κ2) is 6.53. The van der Waals surface area contributed by atoms with Crippen LogP contribution in [0.4, 0.5) is 0 Å². The predicted octanol–water partition coefficient (Wildman–Crippen LogP) is 2.74. The maximum Gasteiger partial charge on any atom is 0.254 e. The van der Waals surface area contributed by atoms with Crippen molar-refractivity contribution in [1.82, 2.24) is 9.88 Å². The van der Waals surface area contributed by atoms with Gasteiger partial charge in [0.05, 0.1) is 18.7 Å². The molecule has 1 aliphatic heterocycles. The molecule has 4 rings (SSSR count). The van der Waals surface area contributed by atoms with Crippen molar-refractivity contribution in [2.24, 2.45) is 0 Å². The van der Waals surface area contributed by atoms with Crippen LogP contribution in [0, 0.1) is 0 Å². The number of para-hydroxylation sites is 1. The average molecular weight is 334 g/mol. The number of morpholine rings is 1. The van der Waals surface area contributed by atoms with Gasteiger partial charge in [-0.3, -0.25) is 9.59 Å². The van der Waals surface area contributed by atoms with Crippen LogP contribution in [0.3, 0.4) is 0 Å². The summed E-state index contributed by atoms with van der Waals surface area (Å²) < 4.78 is 5.83. The van der Waals surface area contributed by atoms with E-state index in [2.05, 4.69) is 4.98 Å². The Balaban J connectivity index is 1.66. The quantitative estimate of drug-likeness (QED) is 0.784. The molecule has 1 aliphatic rings. The van der Waals surface area contributed by atoms with E-state index in [1.54, 1.807) is 11.0 Å². The van der Waals surface area contributed by atoms with Crippen molar-refractivity contribution < 1.29 is 9.53 Å². The van der Waals surface area contributed by atoms with Crippen LogP contribution in [0.2, 0.25) is 0 Å². The highest BCUT2D eigenvalue weighted by Gasteiger charge is 2.27. The highest BCUT2D eigenvalue weighted by molar-refractivity contribution is 6.06. The van der Waals surface area contributed by atoms with Crippen molar-refractivity contribution in [2.45, 2.75) is 6.10 Å². The van der Waals surface area contributed by atoms with E-state index in [1.807, 2.05) is 48.5 Å². The van der Waals surface area contributed by atoms with Gasteiger partial charge in [-0.2, -0.15) is 0 Å². The van der Waals surface area contributed by atoms with Crippen LogP contribution in [-0.2, 0) is 4.74 Å². The minimum atomic E-state index is -0.269. The van der Waals surface area contributed by atoms with Crippen LogP contribution in [0.5, 0.6) is 0 Å². The summed E-state index contributed by atoms with van der Waals surface area (Å²) in [7, 11) is 0. The Morgan fingerprint density at radius 2 is 1.84 bits per heavy atom. The minimum absolute atomic E-state index is 0.133. The Labute approximate surface area is 144 Å². The standard InChI is InChI=1S/C20H18N2O3/c23-19-12-16(15-8-4-5-9-17(15)21-19)20(24)22-10-11-25-18(13-22)14-6-2-1-3-7-14/h1-9,12,18H,10-11,13H2,(H,21,23)/t18-/m0/s1. The smallest absolute Gasteiger partial charge is 0.254 e. The number of H-pyrrole nitrogens is 1. The highest BCUT2D eigenvalue weighted by Crippen LogP contribution is 2.24. The van der Waals surface area contributed by atoms with Crippen molar-refractivity contribution in [3.8, 4) is 0 Å². The molecule has 1 aromatic heterocycles. The normalized spacial score (nSPS) is 17.6. The molecule has 1 fully saturated rings. The number of nitrogens with one attached hydrogen (secondary N) is 1. The summed E-state index contributed by atoms with van der Waals surface area (Å²) in [6.07, 6.45) is -0.146. The van der Waals surface area contributed by atoms with E-state index in [9.17, 15) is 9.59 Å². The van der Waals surface area contributed by atoms with Gasteiger partial charge in [-0.15, -0.1) is 0 Å². The van der Waals surface area contributed by atoms with E-state index >= 15 is 0 Å². The lowest BCUT2D eigenvalue weighted by atomic mass is 10.1. The topological polar surface area (TPSA) is 62.4 Å². The summed E-state index contributed by atoms with van der Waals surface area (Å²) in [6.45, 7) is 1.47. The maximum atomic E-state index is 13.1. The molecule has 0 saturated carbocycles. The number of carbonyl (C=O) groups is 1. The van der Waals surface area contributed by atoms with E-state index in [0.29, 0.717) is 30.8 Å². The molecule has 0 spiro atoms. The Kier molecular flexibility index (Phi) is 4.07. The first-order valence-corrected chi connectivity index (χ1v) is 8.30. The first kappa shape index (κ1) is 15.6. The number of rotatable bonds is 2. The number of amides is 1. The van der Waals surface area contributed by atoms with Gasteiger partial charge < -0.3 is 14.6 Å². The molecule has 1 atom stereocenters.